The Hall–Kier alpha value is -1.16. The zero-order valence-corrected chi connectivity index (χ0v) is 8.67. The number of hydrogen-bond acceptors (Lipinski definition) is 4. The highest BCUT2D eigenvalue weighted by Gasteiger charge is 2.18. The van der Waals surface area contributed by atoms with E-state index in [2.05, 4.69) is 29.1 Å². The summed E-state index contributed by atoms with van der Waals surface area (Å²) < 4.78 is 0. The number of fused-ring (bicyclic) bond motifs is 1. The Balaban J connectivity index is 2.52. The molecule has 0 radical (unpaired) electrons. The van der Waals surface area contributed by atoms with Gasteiger partial charge in [0.15, 0.2) is 0 Å². The molecule has 0 bridgehead atoms. The minimum atomic E-state index is 0.411. The van der Waals surface area contributed by atoms with Crippen LogP contribution in [0.3, 0.4) is 0 Å². The maximum absolute atomic E-state index is 5.68. The number of aromatic nitrogens is 2. The van der Waals surface area contributed by atoms with Gasteiger partial charge in [-0.05, 0) is 5.92 Å². The highest BCUT2D eigenvalue weighted by Crippen LogP contribution is 2.22. The van der Waals surface area contributed by atoms with Crippen LogP contribution < -0.4 is 11.1 Å². The van der Waals surface area contributed by atoms with E-state index in [0.717, 1.165) is 30.9 Å². The first-order valence-corrected chi connectivity index (χ1v) is 5.04. The molecule has 14 heavy (non-hydrogen) atoms. The van der Waals surface area contributed by atoms with Gasteiger partial charge in [0.1, 0.15) is 0 Å². The van der Waals surface area contributed by atoms with Crippen LogP contribution in [0.4, 0.5) is 5.95 Å². The second kappa shape index (κ2) is 3.53. The van der Waals surface area contributed by atoms with Crippen molar-refractivity contribution in [3.8, 4) is 0 Å². The van der Waals surface area contributed by atoms with Crippen molar-refractivity contribution in [3.63, 3.8) is 0 Å². The number of nitrogens with two attached hydrogens (primary N) is 1. The Labute approximate surface area is 83.9 Å². The van der Waals surface area contributed by atoms with Crippen LogP contribution in [0.5, 0.6) is 0 Å². The van der Waals surface area contributed by atoms with Crippen molar-refractivity contribution in [2.24, 2.45) is 0 Å². The first kappa shape index (κ1) is 9.40. The minimum Gasteiger partial charge on any atom is -0.368 e. The van der Waals surface area contributed by atoms with Gasteiger partial charge in [0.05, 0.1) is 11.4 Å². The van der Waals surface area contributed by atoms with Crippen molar-refractivity contribution in [2.75, 3.05) is 12.3 Å². The molecule has 0 fully saturated rings. The van der Waals surface area contributed by atoms with Crippen LogP contribution in [0.15, 0.2) is 0 Å². The third kappa shape index (κ3) is 1.57. The van der Waals surface area contributed by atoms with Crippen molar-refractivity contribution >= 4 is 5.95 Å². The molecule has 0 aromatic carbocycles. The van der Waals surface area contributed by atoms with E-state index in [0.29, 0.717) is 11.9 Å². The topological polar surface area (TPSA) is 63.8 Å². The molecular weight excluding hydrogens is 176 g/mol. The van der Waals surface area contributed by atoms with Gasteiger partial charge < -0.3 is 11.1 Å². The molecule has 0 amide bonds. The van der Waals surface area contributed by atoms with Crippen molar-refractivity contribution in [1.29, 1.82) is 0 Å². The Morgan fingerprint density at radius 3 is 2.86 bits per heavy atom. The lowest BCUT2D eigenvalue weighted by molar-refractivity contribution is 0.610. The van der Waals surface area contributed by atoms with Gasteiger partial charge in [0.25, 0.3) is 0 Å². The number of nitrogen functional groups attached to an aromatic ring is 1. The summed E-state index contributed by atoms with van der Waals surface area (Å²) >= 11 is 0. The number of anilines is 1. The lowest BCUT2D eigenvalue weighted by atomic mass is 9.99. The average Bonchev–Trinajstić information content (AvgIpc) is 2.16. The van der Waals surface area contributed by atoms with E-state index < -0.39 is 0 Å². The minimum absolute atomic E-state index is 0.411. The standard InChI is InChI=1S/C10H16N4/c1-6(2)9-7-5-12-4-3-8(7)13-10(11)14-9/h6,12H,3-5H2,1-2H3,(H2,11,13,14). The van der Waals surface area contributed by atoms with Gasteiger partial charge >= 0.3 is 0 Å². The second-order valence-electron chi connectivity index (χ2n) is 3.97. The van der Waals surface area contributed by atoms with Crippen molar-refractivity contribution in [2.45, 2.75) is 32.7 Å². The first-order chi connectivity index (χ1) is 6.68. The molecule has 1 aromatic rings. The van der Waals surface area contributed by atoms with Crippen LogP contribution in [-0.4, -0.2) is 16.5 Å². The molecule has 4 heteroatoms. The molecule has 2 heterocycles. The molecule has 0 atom stereocenters. The molecule has 76 valence electrons. The van der Waals surface area contributed by atoms with Gasteiger partial charge in [0.2, 0.25) is 5.95 Å². The Morgan fingerprint density at radius 1 is 1.36 bits per heavy atom. The Morgan fingerprint density at radius 2 is 2.14 bits per heavy atom. The van der Waals surface area contributed by atoms with Crippen LogP contribution in [0.2, 0.25) is 0 Å². The zero-order chi connectivity index (χ0) is 10.1. The zero-order valence-electron chi connectivity index (χ0n) is 8.67. The fourth-order valence-electron chi connectivity index (χ4n) is 1.87. The number of hydrogen-bond donors (Lipinski definition) is 2. The highest BCUT2D eigenvalue weighted by molar-refractivity contribution is 5.35. The maximum atomic E-state index is 5.68. The third-order valence-corrected chi connectivity index (χ3v) is 2.53. The summed E-state index contributed by atoms with van der Waals surface area (Å²) in [6.07, 6.45) is 0.960. The van der Waals surface area contributed by atoms with Gasteiger partial charge in [-0.2, -0.15) is 0 Å². The average molecular weight is 192 g/mol. The number of nitrogens with one attached hydrogen (secondary N) is 1. The maximum Gasteiger partial charge on any atom is 0.220 e. The molecule has 0 saturated carbocycles. The third-order valence-electron chi connectivity index (χ3n) is 2.53. The molecule has 1 aliphatic rings. The van der Waals surface area contributed by atoms with Crippen LogP contribution in [-0.2, 0) is 13.0 Å². The summed E-state index contributed by atoms with van der Waals surface area (Å²) in [4.78, 5) is 8.60. The first-order valence-electron chi connectivity index (χ1n) is 5.04. The van der Waals surface area contributed by atoms with E-state index >= 15 is 0 Å². The number of rotatable bonds is 1. The Kier molecular flexibility index (Phi) is 2.37. The molecule has 0 spiro atoms. The van der Waals surface area contributed by atoms with Gasteiger partial charge in [-0.1, -0.05) is 13.8 Å². The van der Waals surface area contributed by atoms with E-state index in [1.54, 1.807) is 0 Å². The van der Waals surface area contributed by atoms with Crippen LogP contribution in [0, 0.1) is 0 Å². The van der Waals surface area contributed by atoms with Crippen molar-refractivity contribution in [1.82, 2.24) is 15.3 Å². The second-order valence-corrected chi connectivity index (χ2v) is 3.97. The molecular formula is C10H16N4. The lowest BCUT2D eigenvalue weighted by Crippen LogP contribution is -2.27. The fourth-order valence-corrected chi connectivity index (χ4v) is 1.87. The van der Waals surface area contributed by atoms with E-state index in [1.165, 1.54) is 5.56 Å². The quantitative estimate of drug-likeness (QED) is 0.691. The molecule has 3 N–H and O–H groups in total. The van der Waals surface area contributed by atoms with Crippen LogP contribution in [0.25, 0.3) is 0 Å². The smallest absolute Gasteiger partial charge is 0.220 e. The summed E-state index contributed by atoms with van der Waals surface area (Å²) in [5, 5.41) is 3.33. The van der Waals surface area contributed by atoms with E-state index in [4.69, 9.17) is 5.73 Å². The van der Waals surface area contributed by atoms with Gasteiger partial charge in [0, 0.05) is 25.1 Å². The van der Waals surface area contributed by atoms with Crippen LogP contribution >= 0.6 is 0 Å². The largest absolute Gasteiger partial charge is 0.368 e. The van der Waals surface area contributed by atoms with Gasteiger partial charge in [-0.15, -0.1) is 0 Å². The van der Waals surface area contributed by atoms with E-state index in [9.17, 15) is 0 Å². The lowest BCUT2D eigenvalue weighted by Gasteiger charge is -2.20. The SMILES string of the molecule is CC(C)c1nc(N)nc2c1CNCC2. The molecule has 1 aromatic heterocycles. The summed E-state index contributed by atoms with van der Waals surface area (Å²) in [7, 11) is 0. The molecule has 0 unspecified atom stereocenters. The fraction of sp³-hybridized carbons (Fsp3) is 0.600. The number of nitrogens with zero attached hydrogens (tertiary/aromatic N) is 2. The monoisotopic (exact) mass is 192 g/mol. The van der Waals surface area contributed by atoms with Gasteiger partial charge in [-0.25, -0.2) is 9.97 Å². The highest BCUT2D eigenvalue weighted by atomic mass is 15.0. The van der Waals surface area contributed by atoms with Crippen molar-refractivity contribution < 1.29 is 0 Å². The molecule has 0 saturated heterocycles. The van der Waals surface area contributed by atoms with E-state index in [-0.39, 0.29) is 0 Å². The summed E-state index contributed by atoms with van der Waals surface area (Å²) in [6, 6.07) is 0. The summed E-state index contributed by atoms with van der Waals surface area (Å²) in [6.45, 7) is 6.14. The predicted octanol–water partition coefficient (Wildman–Crippen LogP) is 0.828. The summed E-state index contributed by atoms with van der Waals surface area (Å²) in [5.74, 6) is 0.822. The van der Waals surface area contributed by atoms with E-state index in [1.807, 2.05) is 0 Å². The predicted molar refractivity (Wildman–Crippen MR) is 55.9 cm³/mol. The van der Waals surface area contributed by atoms with Crippen LogP contribution in [0.1, 0.15) is 36.7 Å². The normalized spacial score (nSPS) is 15.6. The summed E-state index contributed by atoms with van der Waals surface area (Å²) in [5.41, 5.74) is 9.15. The Bertz CT molecular complexity index is 346. The molecule has 4 nitrogen and oxygen atoms in total. The molecule has 1 aliphatic heterocycles. The molecule has 2 rings (SSSR count). The molecule has 0 aliphatic carbocycles. The van der Waals surface area contributed by atoms with Gasteiger partial charge in [-0.3, -0.25) is 0 Å². The van der Waals surface area contributed by atoms with Crippen molar-refractivity contribution in [3.05, 3.63) is 17.0 Å².